The molecule has 0 spiro atoms. The molecule has 2 aliphatic rings. The maximum absolute atomic E-state index is 6.38. The first-order chi connectivity index (χ1) is 7.27. The van der Waals surface area contributed by atoms with Gasteiger partial charge >= 0.3 is 0 Å². The Balaban J connectivity index is 1.86. The Kier molecular flexibility index (Phi) is 4.33. The van der Waals surface area contributed by atoms with Gasteiger partial charge in [0.15, 0.2) is 0 Å². The molecular weight excluding hydrogens is 206 g/mol. The lowest BCUT2D eigenvalue weighted by atomic mass is 9.95. The number of alkyl halides is 1. The normalized spacial score (nSPS) is 36.4. The molecule has 1 heterocycles. The summed E-state index contributed by atoms with van der Waals surface area (Å²) in [5.74, 6) is 0.716. The summed E-state index contributed by atoms with van der Waals surface area (Å²) >= 11 is 6.38. The van der Waals surface area contributed by atoms with E-state index in [-0.39, 0.29) is 0 Å². The van der Waals surface area contributed by atoms with Crippen molar-refractivity contribution in [3.8, 4) is 0 Å². The molecule has 0 bridgehead atoms. The second-order valence-corrected chi connectivity index (χ2v) is 5.98. The average Bonchev–Trinajstić information content (AvgIpc) is 2.50. The van der Waals surface area contributed by atoms with Gasteiger partial charge in [0.1, 0.15) is 0 Å². The van der Waals surface area contributed by atoms with Crippen LogP contribution >= 0.6 is 11.6 Å². The van der Waals surface area contributed by atoms with Crippen LogP contribution in [0.25, 0.3) is 0 Å². The summed E-state index contributed by atoms with van der Waals surface area (Å²) in [6.45, 7) is 4.71. The summed E-state index contributed by atoms with van der Waals surface area (Å²) in [6.07, 6.45) is 9.89. The van der Waals surface area contributed by atoms with Crippen molar-refractivity contribution in [3.63, 3.8) is 0 Å². The molecule has 0 amide bonds. The quantitative estimate of drug-likeness (QED) is 0.490. The third kappa shape index (κ3) is 3.10. The Labute approximate surface area is 99.2 Å². The van der Waals surface area contributed by atoms with Crippen molar-refractivity contribution in [3.05, 3.63) is 0 Å². The molecule has 88 valence electrons. The molecule has 1 saturated heterocycles. The lowest BCUT2D eigenvalue weighted by Crippen LogP contribution is -2.45. The molecule has 15 heavy (non-hydrogen) atoms. The first kappa shape index (κ1) is 11.7. The Bertz CT molecular complexity index is 187. The van der Waals surface area contributed by atoms with E-state index in [0.717, 1.165) is 12.6 Å². The lowest BCUT2D eigenvalue weighted by Gasteiger charge is -2.39. The minimum absolute atomic E-state index is 0.391. The minimum atomic E-state index is 0.391. The zero-order valence-electron chi connectivity index (χ0n) is 9.92. The van der Waals surface area contributed by atoms with Crippen LogP contribution in [0.5, 0.6) is 0 Å². The third-order valence-electron chi connectivity index (χ3n) is 4.24. The number of rotatable bonds is 1. The van der Waals surface area contributed by atoms with Crippen molar-refractivity contribution in [2.24, 2.45) is 5.92 Å². The summed E-state index contributed by atoms with van der Waals surface area (Å²) in [7, 11) is 0. The molecule has 0 radical (unpaired) electrons. The van der Waals surface area contributed by atoms with Crippen LogP contribution in [0.1, 0.15) is 51.9 Å². The van der Waals surface area contributed by atoms with E-state index < -0.39 is 0 Å². The van der Waals surface area contributed by atoms with Gasteiger partial charge in [0.05, 0.1) is 0 Å². The van der Waals surface area contributed by atoms with Crippen LogP contribution in [0, 0.1) is 5.92 Å². The Morgan fingerprint density at radius 2 is 1.67 bits per heavy atom. The first-order valence-electron chi connectivity index (χ1n) is 6.65. The van der Waals surface area contributed by atoms with Gasteiger partial charge in [-0.2, -0.15) is 0 Å². The summed E-state index contributed by atoms with van der Waals surface area (Å²) in [4.78, 5) is 2.67. The summed E-state index contributed by atoms with van der Waals surface area (Å²) in [6, 6.07) is 0.848. The highest BCUT2D eigenvalue weighted by Gasteiger charge is 2.28. The molecule has 1 aliphatic heterocycles. The molecule has 0 aromatic carbocycles. The van der Waals surface area contributed by atoms with E-state index in [1.165, 1.54) is 51.5 Å². The van der Waals surface area contributed by atoms with Gasteiger partial charge in [-0.1, -0.05) is 32.6 Å². The van der Waals surface area contributed by atoms with E-state index in [0.29, 0.717) is 11.3 Å². The van der Waals surface area contributed by atoms with Gasteiger partial charge < -0.3 is 0 Å². The molecule has 1 saturated carbocycles. The van der Waals surface area contributed by atoms with Crippen LogP contribution in [-0.4, -0.2) is 29.4 Å². The van der Waals surface area contributed by atoms with Gasteiger partial charge in [0, 0.05) is 18.0 Å². The monoisotopic (exact) mass is 229 g/mol. The van der Waals surface area contributed by atoms with E-state index in [2.05, 4.69) is 11.8 Å². The number of nitrogens with zero attached hydrogens (tertiary/aromatic N) is 1. The summed E-state index contributed by atoms with van der Waals surface area (Å²) < 4.78 is 0. The van der Waals surface area contributed by atoms with Crippen molar-refractivity contribution in [2.75, 3.05) is 13.1 Å². The molecule has 2 unspecified atom stereocenters. The molecule has 1 nitrogen and oxygen atoms in total. The van der Waals surface area contributed by atoms with Gasteiger partial charge in [0.2, 0.25) is 0 Å². The number of likely N-dealkylation sites (tertiary alicyclic amines) is 1. The van der Waals surface area contributed by atoms with Crippen molar-refractivity contribution < 1.29 is 0 Å². The third-order valence-corrected chi connectivity index (χ3v) is 4.81. The highest BCUT2D eigenvalue weighted by Crippen LogP contribution is 2.28. The highest BCUT2D eigenvalue weighted by atomic mass is 35.5. The maximum Gasteiger partial charge on any atom is 0.0489 e. The fraction of sp³-hybridized carbons (Fsp3) is 1.00. The van der Waals surface area contributed by atoms with E-state index >= 15 is 0 Å². The largest absolute Gasteiger partial charge is 0.299 e. The molecule has 0 aromatic rings. The zero-order valence-corrected chi connectivity index (χ0v) is 10.7. The van der Waals surface area contributed by atoms with Crippen molar-refractivity contribution in [1.29, 1.82) is 0 Å². The number of hydrogen-bond donors (Lipinski definition) is 0. The predicted octanol–water partition coefficient (Wildman–Crippen LogP) is 3.66. The minimum Gasteiger partial charge on any atom is -0.299 e. The summed E-state index contributed by atoms with van der Waals surface area (Å²) in [5.41, 5.74) is 0. The SMILES string of the molecule is CC1CCN(C2CCCCCC2)CC1Cl. The molecule has 0 aromatic heterocycles. The average molecular weight is 230 g/mol. The van der Waals surface area contributed by atoms with Crippen LogP contribution in [0.15, 0.2) is 0 Å². The Morgan fingerprint density at radius 1 is 1.00 bits per heavy atom. The van der Waals surface area contributed by atoms with Crippen LogP contribution in [0.4, 0.5) is 0 Å². The first-order valence-corrected chi connectivity index (χ1v) is 7.09. The molecule has 2 rings (SSSR count). The molecule has 0 N–H and O–H groups in total. The summed E-state index contributed by atoms with van der Waals surface area (Å²) in [5, 5.41) is 0.391. The van der Waals surface area contributed by atoms with Crippen LogP contribution in [0.3, 0.4) is 0 Å². The van der Waals surface area contributed by atoms with Gasteiger partial charge in [0.25, 0.3) is 0 Å². The van der Waals surface area contributed by atoms with E-state index in [1.807, 2.05) is 0 Å². The number of piperidine rings is 1. The molecular formula is C13H24ClN. The molecule has 2 heteroatoms. The van der Waals surface area contributed by atoms with Crippen molar-refractivity contribution in [1.82, 2.24) is 4.90 Å². The standard InChI is InChI=1S/C13H24ClN/c1-11-8-9-15(10-13(11)14)12-6-4-2-3-5-7-12/h11-13H,2-10H2,1H3. The van der Waals surface area contributed by atoms with E-state index in [1.54, 1.807) is 0 Å². The van der Waals surface area contributed by atoms with Crippen LogP contribution in [0.2, 0.25) is 0 Å². The fourth-order valence-corrected chi connectivity index (χ4v) is 3.30. The smallest absolute Gasteiger partial charge is 0.0489 e. The second-order valence-electron chi connectivity index (χ2n) is 5.42. The highest BCUT2D eigenvalue weighted by molar-refractivity contribution is 6.21. The maximum atomic E-state index is 6.38. The van der Waals surface area contributed by atoms with Crippen LogP contribution < -0.4 is 0 Å². The van der Waals surface area contributed by atoms with Crippen molar-refractivity contribution in [2.45, 2.75) is 63.3 Å². The van der Waals surface area contributed by atoms with Gasteiger partial charge in [-0.3, -0.25) is 4.90 Å². The number of halogens is 1. The van der Waals surface area contributed by atoms with E-state index in [4.69, 9.17) is 11.6 Å². The zero-order chi connectivity index (χ0) is 10.7. The van der Waals surface area contributed by atoms with Crippen LogP contribution in [-0.2, 0) is 0 Å². The molecule has 2 fully saturated rings. The molecule has 2 atom stereocenters. The van der Waals surface area contributed by atoms with Gasteiger partial charge in [-0.15, -0.1) is 11.6 Å². The Morgan fingerprint density at radius 3 is 2.27 bits per heavy atom. The lowest BCUT2D eigenvalue weighted by molar-refractivity contribution is 0.129. The van der Waals surface area contributed by atoms with Gasteiger partial charge in [-0.25, -0.2) is 0 Å². The fourth-order valence-electron chi connectivity index (χ4n) is 3.00. The molecule has 1 aliphatic carbocycles. The van der Waals surface area contributed by atoms with Gasteiger partial charge in [-0.05, 0) is 31.7 Å². The van der Waals surface area contributed by atoms with E-state index in [9.17, 15) is 0 Å². The predicted molar refractivity (Wildman–Crippen MR) is 66.5 cm³/mol. The van der Waals surface area contributed by atoms with Crippen molar-refractivity contribution >= 4 is 11.6 Å². The topological polar surface area (TPSA) is 3.24 Å². The number of hydrogen-bond acceptors (Lipinski definition) is 1. The Hall–Kier alpha value is 0.250. The second kappa shape index (κ2) is 5.54.